The molecule has 2 unspecified atom stereocenters. The molecule has 0 spiro atoms. The van der Waals surface area contributed by atoms with Crippen LogP contribution in [0.1, 0.15) is 41.9 Å². The molecule has 16 heavy (non-hydrogen) atoms. The maximum Gasteiger partial charge on any atom is -0.00429 e. The highest BCUT2D eigenvalue weighted by molar-refractivity contribution is 5.85. The van der Waals surface area contributed by atoms with Gasteiger partial charge in [0.05, 0.1) is 0 Å². The van der Waals surface area contributed by atoms with Crippen molar-refractivity contribution in [2.45, 2.75) is 38.0 Å². The number of nitrogens with two attached hydrogens (primary N) is 1. The molecule has 3 rings (SSSR count). The highest BCUT2D eigenvalue weighted by atomic mass is 35.5. The molecule has 1 aromatic carbocycles. The fraction of sp³-hybridized carbons (Fsp3) is 0.571. The van der Waals surface area contributed by atoms with Gasteiger partial charge < -0.3 is 5.73 Å². The maximum absolute atomic E-state index is 5.90. The number of hydrogen-bond donors (Lipinski definition) is 1. The van der Waals surface area contributed by atoms with Crippen molar-refractivity contribution in [3.8, 4) is 0 Å². The van der Waals surface area contributed by atoms with Crippen LogP contribution in [-0.4, -0.2) is 6.54 Å². The van der Waals surface area contributed by atoms with E-state index in [0.29, 0.717) is 0 Å². The monoisotopic (exact) mass is 237 g/mol. The van der Waals surface area contributed by atoms with Gasteiger partial charge in [0, 0.05) is 0 Å². The maximum atomic E-state index is 5.90. The normalized spacial score (nSPS) is 26.8. The van der Waals surface area contributed by atoms with Crippen molar-refractivity contribution in [1.29, 1.82) is 0 Å². The van der Waals surface area contributed by atoms with E-state index < -0.39 is 0 Å². The van der Waals surface area contributed by atoms with E-state index in [2.05, 4.69) is 18.2 Å². The molecule has 0 saturated heterocycles. The quantitative estimate of drug-likeness (QED) is 0.798. The third-order valence-electron chi connectivity index (χ3n) is 4.28. The largest absolute Gasteiger partial charge is 0.330 e. The molecule has 2 atom stereocenters. The van der Waals surface area contributed by atoms with Crippen LogP contribution in [0.3, 0.4) is 0 Å². The lowest BCUT2D eigenvalue weighted by Crippen LogP contribution is -2.30. The first-order chi connectivity index (χ1) is 7.40. The van der Waals surface area contributed by atoms with E-state index >= 15 is 0 Å². The lowest BCUT2D eigenvalue weighted by Gasteiger charge is -2.37. The second kappa shape index (κ2) is 4.77. The first kappa shape index (κ1) is 11.9. The van der Waals surface area contributed by atoms with Gasteiger partial charge in [-0.25, -0.2) is 0 Å². The van der Waals surface area contributed by atoms with Crippen LogP contribution < -0.4 is 5.73 Å². The third kappa shape index (κ3) is 1.76. The first-order valence-corrected chi connectivity index (χ1v) is 6.21. The summed E-state index contributed by atoms with van der Waals surface area (Å²) in [5.74, 6) is 1.53. The van der Waals surface area contributed by atoms with Gasteiger partial charge >= 0.3 is 0 Å². The molecule has 0 heterocycles. The van der Waals surface area contributed by atoms with Crippen molar-refractivity contribution in [2.75, 3.05) is 6.54 Å². The average Bonchev–Trinajstić information content (AvgIpc) is 2.30. The van der Waals surface area contributed by atoms with Crippen molar-refractivity contribution < 1.29 is 0 Å². The summed E-state index contributed by atoms with van der Waals surface area (Å²) in [6.45, 7) is 0.873. The second-order valence-electron chi connectivity index (χ2n) is 5.02. The van der Waals surface area contributed by atoms with Gasteiger partial charge in [0.15, 0.2) is 0 Å². The van der Waals surface area contributed by atoms with E-state index in [1.807, 2.05) is 0 Å². The Labute approximate surface area is 104 Å². The van der Waals surface area contributed by atoms with Gasteiger partial charge in [-0.1, -0.05) is 18.2 Å². The van der Waals surface area contributed by atoms with Crippen molar-refractivity contribution in [3.05, 3.63) is 34.9 Å². The Balaban J connectivity index is 0.000000963. The van der Waals surface area contributed by atoms with E-state index in [1.165, 1.54) is 32.1 Å². The molecule has 0 amide bonds. The predicted octanol–water partition coefficient (Wildman–Crippen LogP) is 3.05. The van der Waals surface area contributed by atoms with E-state index in [1.54, 1.807) is 16.7 Å². The molecule has 0 radical (unpaired) electrons. The van der Waals surface area contributed by atoms with Crippen LogP contribution in [0, 0.1) is 5.92 Å². The molecule has 0 saturated carbocycles. The number of hydrogen-bond acceptors (Lipinski definition) is 1. The molecule has 1 aromatic rings. The zero-order valence-electron chi connectivity index (χ0n) is 9.61. The van der Waals surface area contributed by atoms with Gasteiger partial charge in [0.1, 0.15) is 0 Å². The summed E-state index contributed by atoms with van der Waals surface area (Å²) in [5.41, 5.74) is 10.8. The Morgan fingerprint density at radius 2 is 1.88 bits per heavy atom. The van der Waals surface area contributed by atoms with Crippen LogP contribution in [0.15, 0.2) is 18.2 Å². The van der Waals surface area contributed by atoms with Crippen LogP contribution in [0.4, 0.5) is 0 Å². The molecule has 0 aromatic heterocycles. The van der Waals surface area contributed by atoms with Gasteiger partial charge in [-0.2, -0.15) is 0 Å². The lowest BCUT2D eigenvalue weighted by atomic mass is 9.68. The van der Waals surface area contributed by atoms with E-state index in [-0.39, 0.29) is 12.4 Å². The molecule has 2 N–H and O–H groups in total. The Kier molecular flexibility index (Phi) is 3.56. The number of benzene rings is 1. The molecule has 0 fully saturated rings. The van der Waals surface area contributed by atoms with Gasteiger partial charge in [0.25, 0.3) is 0 Å². The van der Waals surface area contributed by atoms with E-state index in [0.717, 1.165) is 18.4 Å². The van der Waals surface area contributed by atoms with Gasteiger partial charge in [-0.15, -0.1) is 12.4 Å². The Morgan fingerprint density at radius 1 is 1.12 bits per heavy atom. The minimum absolute atomic E-state index is 0. The lowest BCUT2D eigenvalue weighted by molar-refractivity contribution is 0.343. The third-order valence-corrected chi connectivity index (χ3v) is 4.28. The Bertz CT molecular complexity index is 361. The van der Waals surface area contributed by atoms with E-state index in [9.17, 15) is 0 Å². The van der Waals surface area contributed by atoms with Crippen LogP contribution in [0.2, 0.25) is 0 Å². The summed E-state index contributed by atoms with van der Waals surface area (Å²) in [6.07, 6.45) is 6.57. The minimum Gasteiger partial charge on any atom is -0.330 e. The molecule has 2 aliphatic rings. The molecule has 0 aliphatic heterocycles. The standard InChI is InChI=1S/C14H19N.ClH/c15-9-12-8-7-11-4-1-3-10-5-2-6-13(12)14(10)11;/h1,3-4,12-13H,2,5-9,15H2;1H. The number of halogens is 1. The van der Waals surface area contributed by atoms with Crippen molar-refractivity contribution in [2.24, 2.45) is 11.7 Å². The molecule has 1 nitrogen and oxygen atoms in total. The average molecular weight is 238 g/mol. The van der Waals surface area contributed by atoms with Crippen molar-refractivity contribution in [3.63, 3.8) is 0 Å². The zero-order chi connectivity index (χ0) is 10.3. The first-order valence-electron chi connectivity index (χ1n) is 6.21. The predicted molar refractivity (Wildman–Crippen MR) is 70.2 cm³/mol. The highest BCUT2D eigenvalue weighted by Crippen LogP contribution is 2.43. The topological polar surface area (TPSA) is 26.0 Å². The van der Waals surface area contributed by atoms with Gasteiger partial charge in [-0.05, 0) is 67.2 Å². The zero-order valence-corrected chi connectivity index (χ0v) is 10.4. The molecule has 88 valence electrons. The fourth-order valence-electron chi connectivity index (χ4n) is 3.53. The Hall–Kier alpha value is -0.530. The smallest absolute Gasteiger partial charge is 0.00429 e. The molecule has 0 bridgehead atoms. The number of rotatable bonds is 1. The second-order valence-corrected chi connectivity index (χ2v) is 5.02. The van der Waals surface area contributed by atoms with Crippen LogP contribution >= 0.6 is 12.4 Å². The summed E-state index contributed by atoms with van der Waals surface area (Å²) in [7, 11) is 0. The summed E-state index contributed by atoms with van der Waals surface area (Å²) in [5, 5.41) is 0. The fourth-order valence-corrected chi connectivity index (χ4v) is 3.53. The summed E-state index contributed by atoms with van der Waals surface area (Å²) >= 11 is 0. The van der Waals surface area contributed by atoms with Crippen LogP contribution in [-0.2, 0) is 12.8 Å². The summed E-state index contributed by atoms with van der Waals surface area (Å²) in [6, 6.07) is 6.88. The minimum atomic E-state index is 0. The molecule has 2 aliphatic carbocycles. The van der Waals surface area contributed by atoms with Crippen molar-refractivity contribution in [1.82, 2.24) is 0 Å². The molecule has 2 heteroatoms. The van der Waals surface area contributed by atoms with Crippen molar-refractivity contribution >= 4 is 12.4 Å². The van der Waals surface area contributed by atoms with E-state index in [4.69, 9.17) is 5.73 Å². The highest BCUT2D eigenvalue weighted by Gasteiger charge is 2.32. The molecular weight excluding hydrogens is 218 g/mol. The van der Waals surface area contributed by atoms with Crippen LogP contribution in [0.25, 0.3) is 0 Å². The van der Waals surface area contributed by atoms with Crippen LogP contribution in [0.5, 0.6) is 0 Å². The summed E-state index contributed by atoms with van der Waals surface area (Å²) in [4.78, 5) is 0. The SMILES string of the molecule is Cl.NCC1CCc2cccc3c2C1CCC3. The van der Waals surface area contributed by atoms with Gasteiger partial charge in [-0.3, -0.25) is 0 Å². The number of aryl methyl sites for hydroxylation is 2. The Morgan fingerprint density at radius 3 is 2.62 bits per heavy atom. The summed E-state index contributed by atoms with van der Waals surface area (Å²) < 4.78 is 0. The van der Waals surface area contributed by atoms with Gasteiger partial charge in [0.2, 0.25) is 0 Å². The molecular formula is C14H20ClN.